The van der Waals surface area contributed by atoms with Gasteiger partial charge in [-0.2, -0.15) is 13.2 Å². The molecule has 126 valence electrons. The molecule has 0 spiro atoms. The summed E-state index contributed by atoms with van der Waals surface area (Å²) in [6.07, 6.45) is -3.48. The van der Waals surface area contributed by atoms with Crippen molar-refractivity contribution in [2.24, 2.45) is 0 Å². The Morgan fingerprint density at radius 2 is 1.72 bits per heavy atom. The SMILES string of the molecule is OCc1c(-c2ccc3ccccc3c2)nc2ccc(C(F)(F)F)cn12. The van der Waals surface area contributed by atoms with Gasteiger partial charge in [-0.05, 0) is 29.0 Å². The Kier molecular flexibility index (Phi) is 3.51. The maximum atomic E-state index is 13.0. The number of hydrogen-bond acceptors (Lipinski definition) is 2. The molecular weight excluding hydrogens is 329 g/mol. The van der Waals surface area contributed by atoms with E-state index < -0.39 is 18.3 Å². The van der Waals surface area contributed by atoms with Crippen LogP contribution in [-0.4, -0.2) is 14.5 Å². The third-order valence-corrected chi connectivity index (χ3v) is 4.22. The highest BCUT2D eigenvalue weighted by molar-refractivity contribution is 5.87. The van der Waals surface area contributed by atoms with E-state index in [9.17, 15) is 18.3 Å². The molecule has 0 atom stereocenters. The first kappa shape index (κ1) is 15.7. The second-order valence-electron chi connectivity index (χ2n) is 5.77. The van der Waals surface area contributed by atoms with Crippen LogP contribution in [0.4, 0.5) is 13.2 Å². The molecule has 4 rings (SSSR count). The van der Waals surface area contributed by atoms with Crippen LogP contribution in [0.25, 0.3) is 27.7 Å². The first-order valence-corrected chi connectivity index (χ1v) is 7.65. The standard InChI is InChI=1S/C19H13F3N2O/c20-19(21,22)15-7-8-17-23-18(16(11-25)24(17)10-15)14-6-5-12-3-1-2-4-13(12)9-14/h1-10,25H,11H2. The predicted molar refractivity (Wildman–Crippen MR) is 89.1 cm³/mol. The van der Waals surface area contributed by atoms with E-state index in [1.165, 1.54) is 10.5 Å². The van der Waals surface area contributed by atoms with Crippen molar-refractivity contribution >= 4 is 16.4 Å². The lowest BCUT2D eigenvalue weighted by Crippen LogP contribution is -2.07. The zero-order chi connectivity index (χ0) is 17.6. The summed E-state index contributed by atoms with van der Waals surface area (Å²) in [5, 5.41) is 11.8. The molecule has 0 bridgehead atoms. The molecule has 2 aromatic heterocycles. The maximum Gasteiger partial charge on any atom is 0.417 e. The van der Waals surface area contributed by atoms with Crippen molar-refractivity contribution < 1.29 is 18.3 Å². The Morgan fingerprint density at radius 3 is 2.44 bits per heavy atom. The minimum atomic E-state index is -4.45. The number of hydrogen-bond donors (Lipinski definition) is 1. The molecule has 0 aliphatic carbocycles. The summed E-state index contributed by atoms with van der Waals surface area (Å²) in [5.74, 6) is 0. The van der Waals surface area contributed by atoms with Gasteiger partial charge in [-0.3, -0.25) is 0 Å². The van der Waals surface area contributed by atoms with Gasteiger partial charge in [0.2, 0.25) is 0 Å². The number of halogens is 3. The summed E-state index contributed by atoms with van der Waals surface area (Å²) in [5.41, 5.74) is 1.14. The van der Waals surface area contributed by atoms with E-state index >= 15 is 0 Å². The molecule has 0 aliphatic rings. The normalized spacial score (nSPS) is 12.2. The van der Waals surface area contributed by atoms with Gasteiger partial charge in [0.1, 0.15) is 5.65 Å². The molecule has 2 aromatic carbocycles. The van der Waals surface area contributed by atoms with Crippen LogP contribution in [0.15, 0.2) is 60.8 Å². The van der Waals surface area contributed by atoms with Crippen molar-refractivity contribution in [3.05, 3.63) is 72.1 Å². The summed E-state index contributed by atoms with van der Waals surface area (Å²) in [6.45, 7) is -0.412. The van der Waals surface area contributed by atoms with Crippen molar-refractivity contribution in [3.63, 3.8) is 0 Å². The van der Waals surface area contributed by atoms with Crippen LogP contribution in [0.5, 0.6) is 0 Å². The zero-order valence-corrected chi connectivity index (χ0v) is 13.0. The summed E-state index contributed by atoms with van der Waals surface area (Å²) >= 11 is 0. The van der Waals surface area contributed by atoms with E-state index in [2.05, 4.69) is 4.98 Å². The van der Waals surface area contributed by atoms with Crippen LogP contribution in [0.3, 0.4) is 0 Å². The molecule has 25 heavy (non-hydrogen) atoms. The van der Waals surface area contributed by atoms with Crippen molar-refractivity contribution in [1.29, 1.82) is 0 Å². The zero-order valence-electron chi connectivity index (χ0n) is 13.0. The maximum absolute atomic E-state index is 13.0. The molecular formula is C19H13F3N2O. The average molecular weight is 342 g/mol. The number of fused-ring (bicyclic) bond motifs is 2. The monoisotopic (exact) mass is 342 g/mol. The van der Waals surface area contributed by atoms with Gasteiger partial charge < -0.3 is 9.51 Å². The molecule has 3 nitrogen and oxygen atoms in total. The van der Waals surface area contributed by atoms with Gasteiger partial charge in [0, 0.05) is 11.8 Å². The van der Waals surface area contributed by atoms with Gasteiger partial charge in [-0.25, -0.2) is 4.98 Å². The molecule has 0 unspecified atom stereocenters. The van der Waals surface area contributed by atoms with Gasteiger partial charge in [-0.15, -0.1) is 0 Å². The van der Waals surface area contributed by atoms with Gasteiger partial charge in [0.15, 0.2) is 0 Å². The first-order chi connectivity index (χ1) is 12.0. The van der Waals surface area contributed by atoms with Crippen LogP contribution in [0, 0.1) is 0 Å². The lowest BCUT2D eigenvalue weighted by Gasteiger charge is -2.08. The number of rotatable bonds is 2. The summed E-state index contributed by atoms with van der Waals surface area (Å²) < 4.78 is 40.2. The molecule has 4 aromatic rings. The van der Waals surface area contributed by atoms with Crippen LogP contribution in [0.2, 0.25) is 0 Å². The first-order valence-electron chi connectivity index (χ1n) is 7.65. The summed E-state index contributed by atoms with van der Waals surface area (Å²) in [6, 6.07) is 15.8. The molecule has 0 saturated carbocycles. The number of alkyl halides is 3. The van der Waals surface area contributed by atoms with E-state index in [1.807, 2.05) is 42.5 Å². The highest BCUT2D eigenvalue weighted by Crippen LogP contribution is 2.32. The molecule has 0 saturated heterocycles. The third kappa shape index (κ3) is 2.64. The topological polar surface area (TPSA) is 37.5 Å². The molecule has 0 aliphatic heterocycles. The van der Waals surface area contributed by atoms with Gasteiger partial charge in [0.05, 0.1) is 23.6 Å². The van der Waals surface area contributed by atoms with E-state index in [1.54, 1.807) is 0 Å². The number of nitrogens with zero attached hydrogens (tertiary/aromatic N) is 2. The average Bonchev–Trinajstić information content (AvgIpc) is 2.98. The fourth-order valence-electron chi connectivity index (χ4n) is 2.98. The van der Waals surface area contributed by atoms with Gasteiger partial charge in [-0.1, -0.05) is 36.4 Å². The minimum absolute atomic E-state index is 0.330. The Bertz CT molecular complexity index is 1080. The molecule has 2 heterocycles. The second-order valence-corrected chi connectivity index (χ2v) is 5.77. The number of aliphatic hydroxyl groups is 1. The molecule has 0 radical (unpaired) electrons. The van der Waals surface area contributed by atoms with E-state index in [0.29, 0.717) is 17.0 Å². The van der Waals surface area contributed by atoms with E-state index in [4.69, 9.17) is 0 Å². The van der Waals surface area contributed by atoms with Crippen molar-refractivity contribution in [2.75, 3.05) is 0 Å². The molecule has 1 N–H and O–H groups in total. The van der Waals surface area contributed by atoms with Crippen LogP contribution >= 0.6 is 0 Å². The molecule has 6 heteroatoms. The fourth-order valence-corrected chi connectivity index (χ4v) is 2.98. The molecule has 0 fully saturated rings. The van der Waals surface area contributed by atoms with E-state index in [0.717, 1.165) is 28.6 Å². The lowest BCUT2D eigenvalue weighted by atomic mass is 10.0. The number of imidazole rings is 1. The third-order valence-electron chi connectivity index (χ3n) is 4.22. The van der Waals surface area contributed by atoms with Gasteiger partial charge in [0.25, 0.3) is 0 Å². The van der Waals surface area contributed by atoms with Gasteiger partial charge >= 0.3 is 6.18 Å². The summed E-state index contributed by atoms with van der Waals surface area (Å²) in [4.78, 5) is 4.42. The van der Waals surface area contributed by atoms with Crippen molar-refractivity contribution in [3.8, 4) is 11.3 Å². The Labute approximate surface area is 141 Å². The minimum Gasteiger partial charge on any atom is -0.390 e. The predicted octanol–water partition coefficient (Wildman–Crippen LogP) is 4.67. The largest absolute Gasteiger partial charge is 0.417 e. The van der Waals surface area contributed by atoms with Crippen LogP contribution < -0.4 is 0 Å². The Morgan fingerprint density at radius 1 is 0.960 bits per heavy atom. The van der Waals surface area contributed by atoms with E-state index in [-0.39, 0.29) is 0 Å². The second kappa shape index (κ2) is 5.60. The lowest BCUT2D eigenvalue weighted by molar-refractivity contribution is -0.137. The molecule has 0 amide bonds. The smallest absolute Gasteiger partial charge is 0.390 e. The number of aromatic nitrogens is 2. The highest BCUT2D eigenvalue weighted by atomic mass is 19.4. The Balaban J connectivity index is 1.94. The van der Waals surface area contributed by atoms with Crippen molar-refractivity contribution in [2.45, 2.75) is 12.8 Å². The number of pyridine rings is 1. The van der Waals surface area contributed by atoms with Crippen molar-refractivity contribution in [1.82, 2.24) is 9.38 Å². The fraction of sp³-hybridized carbons (Fsp3) is 0.105. The quantitative estimate of drug-likeness (QED) is 0.575. The van der Waals surface area contributed by atoms with Crippen LogP contribution in [0.1, 0.15) is 11.3 Å². The Hall–Kier alpha value is -2.86. The summed E-state index contributed by atoms with van der Waals surface area (Å²) in [7, 11) is 0. The highest BCUT2D eigenvalue weighted by Gasteiger charge is 2.31. The number of aliphatic hydroxyl groups excluding tert-OH is 1. The number of benzene rings is 2. The van der Waals surface area contributed by atoms with Crippen LogP contribution in [-0.2, 0) is 12.8 Å².